The Morgan fingerprint density at radius 3 is 2.88 bits per heavy atom. The van der Waals surface area contributed by atoms with Gasteiger partial charge in [0.25, 0.3) is 0 Å². The van der Waals surface area contributed by atoms with Crippen molar-refractivity contribution in [3.8, 4) is 6.07 Å². The molecule has 1 heterocycles. The van der Waals surface area contributed by atoms with Crippen molar-refractivity contribution in [2.24, 2.45) is 0 Å². The highest BCUT2D eigenvalue weighted by molar-refractivity contribution is 7.13. The molecule has 0 bridgehead atoms. The molecule has 4 nitrogen and oxygen atoms in total. The highest BCUT2D eigenvalue weighted by atomic mass is 32.1. The molecule has 1 aromatic rings. The summed E-state index contributed by atoms with van der Waals surface area (Å²) in [6.45, 7) is 0. The number of hydrogen-bond acceptors (Lipinski definition) is 4. The van der Waals surface area contributed by atoms with Gasteiger partial charge in [0.15, 0.2) is 5.13 Å². The Bertz CT molecular complexity index is 404. The van der Waals surface area contributed by atoms with Gasteiger partial charge in [-0.1, -0.05) is 19.3 Å². The summed E-state index contributed by atoms with van der Waals surface area (Å²) >= 11 is 1.46. The fourth-order valence-electron chi connectivity index (χ4n) is 2.29. The summed E-state index contributed by atoms with van der Waals surface area (Å²) in [6.07, 6.45) is 7.26. The Labute approximate surface area is 105 Å². The SMILES string of the molecule is N#CCC(=O)N(c1nccs1)C1CCCCC1. The molecule has 1 aromatic heterocycles. The van der Waals surface area contributed by atoms with Crippen molar-refractivity contribution in [1.82, 2.24) is 4.98 Å². The minimum atomic E-state index is -0.116. The molecule has 0 saturated heterocycles. The Kier molecular flexibility index (Phi) is 4.10. The smallest absolute Gasteiger partial charge is 0.243 e. The van der Waals surface area contributed by atoms with Gasteiger partial charge in [0, 0.05) is 17.6 Å². The summed E-state index contributed by atoms with van der Waals surface area (Å²) in [4.78, 5) is 18.0. The van der Waals surface area contributed by atoms with Crippen molar-refractivity contribution in [3.05, 3.63) is 11.6 Å². The third kappa shape index (κ3) is 2.83. The molecule has 90 valence electrons. The van der Waals surface area contributed by atoms with Crippen LogP contribution in [0.1, 0.15) is 38.5 Å². The molecule has 1 saturated carbocycles. The monoisotopic (exact) mass is 249 g/mol. The van der Waals surface area contributed by atoms with Crippen LogP contribution in [0.2, 0.25) is 0 Å². The van der Waals surface area contributed by atoms with Crippen LogP contribution in [0, 0.1) is 11.3 Å². The van der Waals surface area contributed by atoms with Gasteiger partial charge in [-0.15, -0.1) is 11.3 Å². The number of anilines is 1. The van der Waals surface area contributed by atoms with Gasteiger partial charge in [0.05, 0.1) is 6.07 Å². The molecule has 0 unspecified atom stereocenters. The highest BCUT2D eigenvalue weighted by Gasteiger charge is 2.27. The maximum absolute atomic E-state index is 12.0. The first-order chi connectivity index (χ1) is 8.33. The van der Waals surface area contributed by atoms with Crippen LogP contribution in [0.3, 0.4) is 0 Å². The first-order valence-corrected chi connectivity index (χ1v) is 6.79. The predicted molar refractivity (Wildman–Crippen MR) is 66.7 cm³/mol. The summed E-state index contributed by atoms with van der Waals surface area (Å²) in [5.41, 5.74) is 0. The van der Waals surface area contributed by atoms with Crippen molar-refractivity contribution in [2.75, 3.05) is 4.90 Å². The number of nitriles is 1. The number of carbonyl (C=O) groups is 1. The van der Waals surface area contributed by atoms with Crippen molar-refractivity contribution >= 4 is 22.4 Å². The Morgan fingerprint density at radius 1 is 1.53 bits per heavy atom. The number of rotatable bonds is 3. The van der Waals surface area contributed by atoms with Crippen LogP contribution in [-0.2, 0) is 4.79 Å². The largest absolute Gasteiger partial charge is 0.284 e. The van der Waals surface area contributed by atoms with Gasteiger partial charge >= 0.3 is 0 Å². The van der Waals surface area contributed by atoms with E-state index in [4.69, 9.17) is 5.26 Å². The summed E-state index contributed by atoms with van der Waals surface area (Å²) in [7, 11) is 0. The molecule has 0 atom stereocenters. The number of hydrogen-bond donors (Lipinski definition) is 0. The summed E-state index contributed by atoms with van der Waals surface area (Å²) in [5, 5.41) is 11.3. The molecule has 1 aliphatic rings. The first kappa shape index (κ1) is 12.1. The van der Waals surface area contributed by atoms with Crippen molar-refractivity contribution in [1.29, 1.82) is 5.26 Å². The molecule has 0 radical (unpaired) electrons. The van der Waals surface area contributed by atoms with Gasteiger partial charge in [-0.3, -0.25) is 9.69 Å². The minimum Gasteiger partial charge on any atom is -0.284 e. The number of carbonyl (C=O) groups excluding carboxylic acids is 1. The lowest BCUT2D eigenvalue weighted by Crippen LogP contribution is -2.41. The van der Waals surface area contributed by atoms with E-state index in [2.05, 4.69) is 4.98 Å². The average molecular weight is 249 g/mol. The molecule has 1 aliphatic carbocycles. The molecule has 1 amide bonds. The second-order valence-electron chi connectivity index (χ2n) is 4.21. The Balaban J connectivity index is 2.17. The van der Waals surface area contributed by atoms with Gasteiger partial charge in [-0.2, -0.15) is 5.26 Å². The lowest BCUT2D eigenvalue weighted by Gasteiger charge is -2.32. The topological polar surface area (TPSA) is 57.0 Å². The lowest BCUT2D eigenvalue weighted by atomic mass is 9.94. The zero-order valence-corrected chi connectivity index (χ0v) is 10.4. The van der Waals surface area contributed by atoms with Gasteiger partial charge in [-0.25, -0.2) is 4.98 Å². The third-order valence-corrected chi connectivity index (χ3v) is 3.83. The lowest BCUT2D eigenvalue weighted by molar-refractivity contribution is -0.118. The normalized spacial score (nSPS) is 16.4. The molecule has 0 spiro atoms. The second-order valence-corrected chi connectivity index (χ2v) is 5.08. The maximum atomic E-state index is 12.0. The van der Waals surface area contributed by atoms with Crippen molar-refractivity contribution in [2.45, 2.75) is 44.6 Å². The quantitative estimate of drug-likeness (QED) is 0.827. The second kappa shape index (κ2) is 5.78. The van der Waals surface area contributed by atoms with Gasteiger partial charge in [0.2, 0.25) is 5.91 Å². The summed E-state index contributed by atoms with van der Waals surface area (Å²) in [6, 6.07) is 2.17. The van der Waals surface area contributed by atoms with E-state index in [-0.39, 0.29) is 18.4 Å². The Morgan fingerprint density at radius 2 is 2.29 bits per heavy atom. The minimum absolute atomic E-state index is 0.0594. The van der Waals surface area contributed by atoms with E-state index < -0.39 is 0 Å². The van der Waals surface area contributed by atoms with Crippen molar-refractivity contribution < 1.29 is 4.79 Å². The zero-order valence-electron chi connectivity index (χ0n) is 9.63. The molecule has 0 N–H and O–H groups in total. The van der Waals surface area contributed by atoms with Gasteiger partial charge in [0.1, 0.15) is 6.42 Å². The fraction of sp³-hybridized carbons (Fsp3) is 0.583. The maximum Gasteiger partial charge on any atom is 0.243 e. The van der Waals surface area contributed by atoms with E-state index >= 15 is 0 Å². The van der Waals surface area contributed by atoms with Crippen molar-refractivity contribution in [3.63, 3.8) is 0 Å². The van der Waals surface area contributed by atoms with E-state index in [0.717, 1.165) is 30.8 Å². The van der Waals surface area contributed by atoms with Gasteiger partial charge < -0.3 is 0 Å². The van der Waals surface area contributed by atoms with E-state index in [1.54, 1.807) is 11.1 Å². The van der Waals surface area contributed by atoms with Crippen LogP contribution in [0.4, 0.5) is 5.13 Å². The predicted octanol–water partition coefficient (Wildman–Crippen LogP) is 2.72. The molecule has 2 rings (SSSR count). The summed E-state index contributed by atoms with van der Waals surface area (Å²) in [5.74, 6) is -0.116. The molecule has 17 heavy (non-hydrogen) atoms. The molecule has 0 aromatic carbocycles. The number of amides is 1. The van der Waals surface area contributed by atoms with Crippen LogP contribution in [0.5, 0.6) is 0 Å². The van der Waals surface area contributed by atoms with E-state index in [0.29, 0.717) is 0 Å². The molecular weight excluding hydrogens is 234 g/mol. The summed E-state index contributed by atoms with van der Waals surface area (Å²) < 4.78 is 0. The van der Waals surface area contributed by atoms with Crippen LogP contribution >= 0.6 is 11.3 Å². The van der Waals surface area contributed by atoms with Crippen LogP contribution in [-0.4, -0.2) is 16.9 Å². The van der Waals surface area contributed by atoms with Crippen LogP contribution in [0.15, 0.2) is 11.6 Å². The van der Waals surface area contributed by atoms with E-state index in [1.165, 1.54) is 17.8 Å². The number of aromatic nitrogens is 1. The number of thiazole rings is 1. The fourth-order valence-corrected chi connectivity index (χ4v) is 3.02. The van der Waals surface area contributed by atoms with Crippen LogP contribution < -0.4 is 4.90 Å². The molecule has 5 heteroatoms. The molecule has 0 aliphatic heterocycles. The Hall–Kier alpha value is -1.41. The zero-order chi connectivity index (χ0) is 12.1. The molecule has 1 fully saturated rings. The van der Waals surface area contributed by atoms with E-state index in [1.807, 2.05) is 11.4 Å². The number of nitrogens with zero attached hydrogens (tertiary/aromatic N) is 3. The average Bonchev–Trinajstić information content (AvgIpc) is 2.85. The van der Waals surface area contributed by atoms with Gasteiger partial charge in [-0.05, 0) is 12.8 Å². The van der Waals surface area contributed by atoms with Crippen LogP contribution in [0.25, 0.3) is 0 Å². The highest BCUT2D eigenvalue weighted by Crippen LogP contribution is 2.29. The third-order valence-electron chi connectivity index (χ3n) is 3.06. The molecular formula is C12H15N3OS. The first-order valence-electron chi connectivity index (χ1n) is 5.91. The van der Waals surface area contributed by atoms with E-state index in [9.17, 15) is 4.79 Å². The standard InChI is InChI=1S/C12H15N3OS/c13-7-6-11(16)15(12-14-8-9-17-12)10-4-2-1-3-5-10/h8-10H,1-6H2.